The molecule has 0 spiro atoms. The normalized spacial score (nSPS) is 27.5. The van der Waals surface area contributed by atoms with Crippen molar-refractivity contribution in [2.75, 3.05) is 19.8 Å². The summed E-state index contributed by atoms with van der Waals surface area (Å²) in [4.78, 5) is 2.70. The lowest BCUT2D eigenvalue weighted by molar-refractivity contribution is -0.0367. The molecule has 0 N–H and O–H groups in total. The summed E-state index contributed by atoms with van der Waals surface area (Å²) < 4.78 is 7.61. The maximum absolute atomic E-state index is 6.02. The van der Waals surface area contributed by atoms with Gasteiger partial charge in [-0.25, -0.2) is 0 Å². The lowest BCUT2D eigenvalue weighted by Gasteiger charge is -2.43. The van der Waals surface area contributed by atoms with E-state index in [-0.39, 0.29) is 0 Å². The standard InChI is InChI=1S/C20H27ClN4O/c1-24-13-20(22-23-24)16-4-8-18(9-5-16)25-10-11-26-14-19(25)12-15-2-6-17(21)7-3-15/h2-3,6-7,13,16,18-19H,4-5,8-12,14H2,1H3/t16?,18?,19-/m0/s1. The van der Waals surface area contributed by atoms with Crippen molar-refractivity contribution in [2.24, 2.45) is 7.05 Å². The van der Waals surface area contributed by atoms with Crippen LogP contribution in [-0.4, -0.2) is 51.7 Å². The smallest absolute Gasteiger partial charge is 0.0857 e. The molecule has 0 bridgehead atoms. The molecule has 4 rings (SSSR count). The maximum Gasteiger partial charge on any atom is 0.0857 e. The lowest BCUT2D eigenvalue weighted by atomic mass is 9.83. The van der Waals surface area contributed by atoms with Crippen LogP contribution in [-0.2, 0) is 18.2 Å². The first-order chi connectivity index (χ1) is 12.7. The minimum absolute atomic E-state index is 0.461. The van der Waals surface area contributed by atoms with Gasteiger partial charge in [0.15, 0.2) is 0 Å². The molecular formula is C20H27ClN4O. The molecule has 0 unspecified atom stereocenters. The SMILES string of the molecule is Cn1cc(C2CCC(N3CCOC[C@@H]3Cc3ccc(Cl)cc3)CC2)nn1. The Balaban J connectivity index is 1.38. The molecule has 1 aromatic heterocycles. The van der Waals surface area contributed by atoms with Crippen molar-refractivity contribution in [3.63, 3.8) is 0 Å². The van der Waals surface area contributed by atoms with Gasteiger partial charge >= 0.3 is 0 Å². The topological polar surface area (TPSA) is 43.2 Å². The molecule has 0 radical (unpaired) electrons. The molecule has 26 heavy (non-hydrogen) atoms. The van der Waals surface area contributed by atoms with Crippen LogP contribution >= 0.6 is 11.6 Å². The van der Waals surface area contributed by atoms with E-state index in [4.69, 9.17) is 16.3 Å². The summed E-state index contributed by atoms with van der Waals surface area (Å²) in [6.07, 6.45) is 7.98. The van der Waals surface area contributed by atoms with E-state index in [0.29, 0.717) is 18.0 Å². The van der Waals surface area contributed by atoms with E-state index < -0.39 is 0 Å². The van der Waals surface area contributed by atoms with Gasteiger partial charge in [0.05, 0.1) is 18.9 Å². The molecule has 2 heterocycles. The quantitative estimate of drug-likeness (QED) is 0.822. The molecule has 6 heteroatoms. The van der Waals surface area contributed by atoms with E-state index in [1.54, 1.807) is 0 Å². The third-order valence-electron chi connectivity index (χ3n) is 5.86. The Kier molecular flexibility index (Phi) is 5.57. The van der Waals surface area contributed by atoms with Crippen LogP contribution in [0.4, 0.5) is 0 Å². The van der Waals surface area contributed by atoms with Gasteiger partial charge in [0.1, 0.15) is 0 Å². The first-order valence-electron chi connectivity index (χ1n) is 9.63. The average molecular weight is 375 g/mol. The van der Waals surface area contributed by atoms with Crippen LogP contribution in [0.25, 0.3) is 0 Å². The monoisotopic (exact) mass is 374 g/mol. The zero-order valence-corrected chi connectivity index (χ0v) is 16.1. The minimum Gasteiger partial charge on any atom is -0.378 e. The second kappa shape index (κ2) is 8.07. The highest BCUT2D eigenvalue weighted by Crippen LogP contribution is 2.35. The summed E-state index contributed by atoms with van der Waals surface area (Å²) in [6, 6.07) is 9.36. The molecule has 5 nitrogen and oxygen atoms in total. The lowest BCUT2D eigenvalue weighted by Crippen LogP contribution is -2.52. The summed E-state index contributed by atoms with van der Waals surface area (Å²) in [5.74, 6) is 0.565. The van der Waals surface area contributed by atoms with E-state index in [1.807, 2.05) is 23.9 Å². The van der Waals surface area contributed by atoms with Crippen LogP contribution in [0.2, 0.25) is 5.02 Å². The largest absolute Gasteiger partial charge is 0.378 e. The predicted molar refractivity (Wildman–Crippen MR) is 102 cm³/mol. The highest BCUT2D eigenvalue weighted by atomic mass is 35.5. The molecular weight excluding hydrogens is 348 g/mol. The maximum atomic E-state index is 6.02. The Morgan fingerprint density at radius 3 is 2.62 bits per heavy atom. The van der Waals surface area contributed by atoms with E-state index >= 15 is 0 Å². The molecule has 1 saturated carbocycles. The number of nitrogens with zero attached hydrogens (tertiary/aromatic N) is 4. The van der Waals surface area contributed by atoms with Gasteiger partial charge in [0.25, 0.3) is 0 Å². The van der Waals surface area contributed by atoms with E-state index in [0.717, 1.165) is 36.9 Å². The van der Waals surface area contributed by atoms with E-state index in [2.05, 4.69) is 33.5 Å². The Bertz CT molecular complexity index is 709. The van der Waals surface area contributed by atoms with Gasteiger partial charge in [-0.3, -0.25) is 9.58 Å². The molecule has 1 aliphatic carbocycles. The fraction of sp³-hybridized carbons (Fsp3) is 0.600. The number of rotatable bonds is 4. The summed E-state index contributed by atoms with van der Waals surface area (Å²) in [6.45, 7) is 2.71. The first kappa shape index (κ1) is 18.0. The number of aromatic nitrogens is 3. The van der Waals surface area contributed by atoms with Crippen molar-refractivity contribution < 1.29 is 4.74 Å². The highest BCUT2D eigenvalue weighted by molar-refractivity contribution is 6.30. The van der Waals surface area contributed by atoms with E-state index in [9.17, 15) is 0 Å². The van der Waals surface area contributed by atoms with Gasteiger partial charge in [-0.15, -0.1) is 5.10 Å². The van der Waals surface area contributed by atoms with Crippen molar-refractivity contribution in [3.05, 3.63) is 46.7 Å². The number of halogens is 1. The van der Waals surface area contributed by atoms with Gasteiger partial charge in [-0.2, -0.15) is 0 Å². The molecule has 2 aromatic rings. The van der Waals surface area contributed by atoms with Gasteiger partial charge in [0.2, 0.25) is 0 Å². The van der Waals surface area contributed by atoms with Crippen LogP contribution < -0.4 is 0 Å². The molecule has 0 amide bonds. The van der Waals surface area contributed by atoms with E-state index in [1.165, 1.54) is 31.2 Å². The molecule has 1 atom stereocenters. The third kappa shape index (κ3) is 4.11. The number of hydrogen-bond acceptors (Lipinski definition) is 4. The average Bonchev–Trinajstić information content (AvgIpc) is 3.11. The van der Waals surface area contributed by atoms with Gasteiger partial charge < -0.3 is 4.74 Å². The summed E-state index contributed by atoms with van der Waals surface area (Å²) in [7, 11) is 1.94. The van der Waals surface area contributed by atoms with Crippen molar-refractivity contribution in [3.8, 4) is 0 Å². The molecule has 1 aliphatic heterocycles. The fourth-order valence-corrected chi connectivity index (χ4v) is 4.60. The fourth-order valence-electron chi connectivity index (χ4n) is 4.47. The van der Waals surface area contributed by atoms with Crippen LogP contribution in [0, 0.1) is 0 Å². The van der Waals surface area contributed by atoms with Crippen molar-refractivity contribution >= 4 is 11.6 Å². The summed E-state index contributed by atoms with van der Waals surface area (Å²) in [5.41, 5.74) is 2.49. The van der Waals surface area contributed by atoms with Crippen LogP contribution in [0.5, 0.6) is 0 Å². The second-order valence-corrected chi connectivity index (χ2v) is 8.06. The summed E-state index contributed by atoms with van der Waals surface area (Å²) in [5, 5.41) is 9.22. The molecule has 2 fully saturated rings. The Morgan fingerprint density at radius 2 is 1.92 bits per heavy atom. The highest BCUT2D eigenvalue weighted by Gasteiger charge is 2.33. The van der Waals surface area contributed by atoms with Crippen LogP contribution in [0.3, 0.4) is 0 Å². The van der Waals surface area contributed by atoms with Crippen molar-refractivity contribution in [1.82, 2.24) is 19.9 Å². The van der Waals surface area contributed by atoms with Crippen molar-refractivity contribution in [2.45, 2.75) is 50.1 Å². The number of hydrogen-bond donors (Lipinski definition) is 0. The van der Waals surface area contributed by atoms with Gasteiger partial charge in [0, 0.05) is 42.8 Å². The molecule has 1 aromatic carbocycles. The number of morpholine rings is 1. The van der Waals surface area contributed by atoms with Gasteiger partial charge in [-0.05, 0) is 49.8 Å². The number of benzene rings is 1. The molecule has 1 saturated heterocycles. The predicted octanol–water partition coefficient (Wildman–Crippen LogP) is 3.44. The Labute approximate surface area is 160 Å². The Morgan fingerprint density at radius 1 is 1.15 bits per heavy atom. The second-order valence-electron chi connectivity index (χ2n) is 7.62. The number of aryl methyl sites for hydroxylation is 1. The summed E-state index contributed by atoms with van der Waals surface area (Å²) >= 11 is 6.02. The van der Waals surface area contributed by atoms with Crippen molar-refractivity contribution in [1.29, 1.82) is 0 Å². The molecule has 140 valence electrons. The zero-order valence-electron chi connectivity index (χ0n) is 15.4. The van der Waals surface area contributed by atoms with Crippen LogP contribution in [0.1, 0.15) is 42.9 Å². The Hall–Kier alpha value is -1.43. The minimum atomic E-state index is 0.461. The van der Waals surface area contributed by atoms with Crippen LogP contribution in [0.15, 0.2) is 30.5 Å². The zero-order chi connectivity index (χ0) is 17.9. The number of ether oxygens (including phenoxy) is 1. The third-order valence-corrected chi connectivity index (χ3v) is 6.11. The molecule has 2 aliphatic rings. The first-order valence-corrected chi connectivity index (χ1v) is 10.0. The van der Waals surface area contributed by atoms with Gasteiger partial charge in [-0.1, -0.05) is 28.9 Å².